The summed E-state index contributed by atoms with van der Waals surface area (Å²) in [6, 6.07) is 6.52. The SMILES string of the molecule is CCOC(=O)CN(CC)S(=O)(=O)c1ccc(CCCl)cc1. The summed E-state index contributed by atoms with van der Waals surface area (Å²) in [5.74, 6) is -0.0718. The summed E-state index contributed by atoms with van der Waals surface area (Å²) in [5, 5.41) is 0. The van der Waals surface area contributed by atoms with Gasteiger partial charge in [-0.1, -0.05) is 19.1 Å². The third-order valence-electron chi connectivity index (χ3n) is 2.91. The monoisotopic (exact) mass is 333 g/mol. The number of aryl methyl sites for hydroxylation is 1. The summed E-state index contributed by atoms with van der Waals surface area (Å²) in [6.07, 6.45) is 0.683. The number of halogens is 1. The summed E-state index contributed by atoms with van der Waals surface area (Å²) < 4.78 is 30.8. The number of carbonyl (C=O) groups excluding carboxylic acids is 1. The zero-order valence-electron chi connectivity index (χ0n) is 12.2. The number of sulfonamides is 1. The minimum atomic E-state index is -3.70. The molecule has 0 bridgehead atoms. The molecular formula is C14H20ClNO4S. The van der Waals surface area contributed by atoms with Crippen LogP contribution in [0, 0.1) is 0 Å². The van der Waals surface area contributed by atoms with Crippen molar-refractivity contribution >= 4 is 27.6 Å². The maximum absolute atomic E-state index is 12.5. The van der Waals surface area contributed by atoms with Crippen LogP contribution in [0.3, 0.4) is 0 Å². The Kier molecular flexibility index (Phi) is 7.14. The van der Waals surface area contributed by atoms with Crippen LogP contribution in [0.25, 0.3) is 0 Å². The Labute approximate surface area is 130 Å². The first-order valence-corrected chi connectivity index (χ1v) is 8.73. The van der Waals surface area contributed by atoms with Crippen molar-refractivity contribution in [2.24, 2.45) is 0 Å². The van der Waals surface area contributed by atoms with Gasteiger partial charge in [0.1, 0.15) is 6.54 Å². The van der Waals surface area contributed by atoms with Crippen LogP contribution < -0.4 is 0 Å². The molecular weight excluding hydrogens is 314 g/mol. The summed E-state index contributed by atoms with van der Waals surface area (Å²) >= 11 is 5.65. The van der Waals surface area contributed by atoms with Crippen LogP contribution >= 0.6 is 11.6 Å². The summed E-state index contributed by atoms with van der Waals surface area (Å²) in [4.78, 5) is 11.6. The van der Waals surface area contributed by atoms with E-state index >= 15 is 0 Å². The molecule has 0 unspecified atom stereocenters. The van der Waals surface area contributed by atoms with E-state index in [1.807, 2.05) is 0 Å². The van der Waals surface area contributed by atoms with Crippen LogP contribution in [0.2, 0.25) is 0 Å². The smallest absolute Gasteiger partial charge is 0.321 e. The van der Waals surface area contributed by atoms with Gasteiger partial charge in [0.15, 0.2) is 0 Å². The Morgan fingerprint density at radius 3 is 2.33 bits per heavy atom. The first-order chi connectivity index (χ1) is 9.95. The van der Waals surface area contributed by atoms with E-state index in [2.05, 4.69) is 0 Å². The number of benzene rings is 1. The van der Waals surface area contributed by atoms with E-state index in [-0.39, 0.29) is 24.6 Å². The van der Waals surface area contributed by atoms with Crippen molar-refractivity contribution in [2.75, 3.05) is 25.6 Å². The molecule has 1 aromatic carbocycles. The second kappa shape index (κ2) is 8.36. The largest absolute Gasteiger partial charge is 0.465 e. The van der Waals surface area contributed by atoms with Crippen LogP contribution in [0.15, 0.2) is 29.2 Å². The number of rotatable bonds is 8. The molecule has 0 heterocycles. The molecule has 1 rings (SSSR count). The van der Waals surface area contributed by atoms with Gasteiger partial charge < -0.3 is 4.74 Å². The molecule has 0 radical (unpaired) electrons. The Balaban J connectivity index is 2.93. The molecule has 21 heavy (non-hydrogen) atoms. The lowest BCUT2D eigenvalue weighted by Crippen LogP contribution is -2.36. The molecule has 0 aliphatic heterocycles. The highest BCUT2D eigenvalue weighted by Gasteiger charge is 2.25. The maximum Gasteiger partial charge on any atom is 0.321 e. The second-order valence-electron chi connectivity index (χ2n) is 4.32. The van der Waals surface area contributed by atoms with Crippen molar-refractivity contribution < 1.29 is 17.9 Å². The van der Waals surface area contributed by atoms with Crippen molar-refractivity contribution in [3.8, 4) is 0 Å². The lowest BCUT2D eigenvalue weighted by molar-refractivity contribution is -0.143. The molecule has 0 N–H and O–H groups in total. The number of esters is 1. The molecule has 0 saturated heterocycles. The van der Waals surface area contributed by atoms with Gasteiger partial charge in [-0.15, -0.1) is 11.6 Å². The first-order valence-electron chi connectivity index (χ1n) is 6.76. The molecule has 0 aromatic heterocycles. The van der Waals surface area contributed by atoms with Gasteiger partial charge >= 0.3 is 5.97 Å². The van der Waals surface area contributed by atoms with Gasteiger partial charge in [-0.05, 0) is 31.0 Å². The number of nitrogens with zero attached hydrogens (tertiary/aromatic N) is 1. The average Bonchev–Trinajstić information content (AvgIpc) is 2.46. The summed E-state index contributed by atoms with van der Waals surface area (Å²) in [6.45, 7) is 3.50. The summed E-state index contributed by atoms with van der Waals surface area (Å²) in [7, 11) is -3.70. The third-order valence-corrected chi connectivity index (χ3v) is 5.03. The normalized spacial score (nSPS) is 11.6. The van der Waals surface area contributed by atoms with E-state index in [0.717, 1.165) is 9.87 Å². The van der Waals surface area contributed by atoms with E-state index in [9.17, 15) is 13.2 Å². The van der Waals surface area contributed by atoms with Crippen LogP contribution in [0.4, 0.5) is 0 Å². The Morgan fingerprint density at radius 1 is 1.24 bits per heavy atom. The van der Waals surface area contributed by atoms with Crippen molar-refractivity contribution in [3.63, 3.8) is 0 Å². The fraction of sp³-hybridized carbons (Fsp3) is 0.500. The maximum atomic E-state index is 12.5. The molecule has 0 spiro atoms. The number of hydrogen-bond donors (Lipinski definition) is 0. The topological polar surface area (TPSA) is 63.7 Å². The van der Waals surface area contributed by atoms with Gasteiger partial charge in [0.05, 0.1) is 11.5 Å². The summed E-state index contributed by atoms with van der Waals surface area (Å²) in [5.41, 5.74) is 0.970. The van der Waals surface area contributed by atoms with Crippen molar-refractivity contribution in [2.45, 2.75) is 25.2 Å². The van der Waals surface area contributed by atoms with E-state index in [1.165, 1.54) is 12.1 Å². The van der Waals surface area contributed by atoms with Crippen molar-refractivity contribution in [1.82, 2.24) is 4.31 Å². The first kappa shape index (κ1) is 17.9. The Bertz CT molecular complexity index is 557. The van der Waals surface area contributed by atoms with Gasteiger partial charge in [0, 0.05) is 12.4 Å². The highest BCUT2D eigenvalue weighted by atomic mass is 35.5. The highest BCUT2D eigenvalue weighted by Crippen LogP contribution is 2.17. The van der Waals surface area contributed by atoms with Gasteiger partial charge in [-0.2, -0.15) is 4.31 Å². The fourth-order valence-corrected chi connectivity index (χ4v) is 3.42. The zero-order chi connectivity index (χ0) is 15.9. The third kappa shape index (κ3) is 4.98. The van der Waals surface area contributed by atoms with Crippen molar-refractivity contribution in [1.29, 1.82) is 0 Å². The molecule has 0 fully saturated rings. The van der Waals surface area contributed by atoms with Crippen LogP contribution in [0.1, 0.15) is 19.4 Å². The van der Waals surface area contributed by atoms with E-state index in [0.29, 0.717) is 12.3 Å². The number of carbonyl (C=O) groups is 1. The minimum Gasteiger partial charge on any atom is -0.465 e. The predicted octanol–water partition coefficient (Wildman–Crippen LogP) is 2.04. The van der Waals surface area contributed by atoms with Crippen LogP contribution in [-0.2, 0) is 26.0 Å². The molecule has 118 valence electrons. The molecule has 0 atom stereocenters. The van der Waals surface area contributed by atoms with E-state index in [1.54, 1.807) is 26.0 Å². The predicted molar refractivity (Wildman–Crippen MR) is 81.9 cm³/mol. The molecule has 1 aromatic rings. The average molecular weight is 334 g/mol. The standard InChI is InChI=1S/C14H20ClNO4S/c1-3-16(11-14(17)20-4-2)21(18,19)13-7-5-12(6-8-13)9-10-15/h5-8H,3-4,9-11H2,1-2H3. The second-order valence-corrected chi connectivity index (χ2v) is 6.64. The molecule has 5 nitrogen and oxygen atoms in total. The van der Waals surface area contributed by atoms with Gasteiger partial charge in [-0.3, -0.25) is 4.79 Å². The van der Waals surface area contributed by atoms with Gasteiger partial charge in [0.25, 0.3) is 0 Å². The Morgan fingerprint density at radius 2 is 1.86 bits per heavy atom. The molecule has 0 saturated carbocycles. The lowest BCUT2D eigenvalue weighted by atomic mass is 10.2. The van der Waals surface area contributed by atoms with Gasteiger partial charge in [0.2, 0.25) is 10.0 Å². The van der Waals surface area contributed by atoms with Crippen molar-refractivity contribution in [3.05, 3.63) is 29.8 Å². The molecule has 0 aliphatic carbocycles. The lowest BCUT2D eigenvalue weighted by Gasteiger charge is -2.19. The van der Waals surface area contributed by atoms with E-state index < -0.39 is 16.0 Å². The fourth-order valence-electron chi connectivity index (χ4n) is 1.80. The number of likely N-dealkylation sites (N-methyl/N-ethyl adjacent to an activating group) is 1. The zero-order valence-corrected chi connectivity index (χ0v) is 13.8. The number of hydrogen-bond acceptors (Lipinski definition) is 4. The molecule has 7 heteroatoms. The quantitative estimate of drug-likeness (QED) is 0.539. The van der Waals surface area contributed by atoms with Crippen LogP contribution in [0.5, 0.6) is 0 Å². The Hall–Kier alpha value is -1.11. The van der Waals surface area contributed by atoms with Gasteiger partial charge in [-0.25, -0.2) is 8.42 Å². The molecule has 0 amide bonds. The minimum absolute atomic E-state index is 0.159. The van der Waals surface area contributed by atoms with E-state index in [4.69, 9.17) is 16.3 Å². The number of ether oxygens (including phenoxy) is 1. The van der Waals surface area contributed by atoms with Crippen LogP contribution in [-0.4, -0.2) is 44.3 Å². The molecule has 0 aliphatic rings. The highest BCUT2D eigenvalue weighted by molar-refractivity contribution is 7.89. The number of alkyl halides is 1.